The predicted molar refractivity (Wildman–Crippen MR) is 116 cm³/mol. The summed E-state index contributed by atoms with van der Waals surface area (Å²) in [5.41, 5.74) is 0. The number of aliphatic imine (C=N–C) groups is 1. The number of nitrogens with zero attached hydrogens (tertiary/aromatic N) is 1. The van der Waals surface area contributed by atoms with Crippen LogP contribution in [0.4, 0.5) is 0 Å². The number of benzene rings is 1. The number of nitrogens with one attached hydrogen (secondary N) is 2. The predicted octanol–water partition coefficient (Wildman–Crippen LogP) is 3.06. The molecule has 1 saturated carbocycles. The zero-order valence-electron chi connectivity index (χ0n) is 15.8. The van der Waals surface area contributed by atoms with E-state index < -0.39 is 0 Å². The Morgan fingerprint density at radius 3 is 2.50 bits per heavy atom. The Kier molecular flexibility index (Phi) is 12.2. The van der Waals surface area contributed by atoms with E-state index in [1.807, 2.05) is 24.3 Å². The van der Waals surface area contributed by atoms with Crippen LogP contribution in [0.25, 0.3) is 0 Å². The van der Waals surface area contributed by atoms with Gasteiger partial charge in [0, 0.05) is 26.3 Å². The topological polar surface area (TPSA) is 64.1 Å². The molecule has 2 rings (SSSR count). The molecule has 0 unspecified atom stereocenters. The summed E-state index contributed by atoms with van der Waals surface area (Å²) in [5.74, 6) is 3.31. The van der Waals surface area contributed by atoms with Crippen LogP contribution in [0.2, 0.25) is 0 Å². The van der Waals surface area contributed by atoms with Crippen molar-refractivity contribution in [3.8, 4) is 11.5 Å². The van der Waals surface area contributed by atoms with Crippen molar-refractivity contribution in [1.29, 1.82) is 0 Å². The van der Waals surface area contributed by atoms with Crippen molar-refractivity contribution >= 4 is 29.9 Å². The van der Waals surface area contributed by atoms with Crippen molar-refractivity contribution in [2.75, 3.05) is 46.6 Å². The Balaban J connectivity index is 0.00000338. The number of hydrogen-bond acceptors (Lipinski definition) is 4. The molecule has 1 aromatic carbocycles. The number of halogens is 1. The number of ether oxygens (including phenoxy) is 3. The Hall–Kier alpha value is -1.22. The van der Waals surface area contributed by atoms with E-state index in [1.165, 1.54) is 12.8 Å². The van der Waals surface area contributed by atoms with Gasteiger partial charge in [-0.25, -0.2) is 0 Å². The van der Waals surface area contributed by atoms with Crippen LogP contribution in [0.3, 0.4) is 0 Å². The maximum atomic E-state index is 5.70. The van der Waals surface area contributed by atoms with Gasteiger partial charge in [-0.3, -0.25) is 4.99 Å². The van der Waals surface area contributed by atoms with Gasteiger partial charge < -0.3 is 24.8 Å². The third kappa shape index (κ3) is 10.1. The molecule has 0 saturated heterocycles. The molecule has 1 fully saturated rings. The van der Waals surface area contributed by atoms with E-state index in [1.54, 1.807) is 7.11 Å². The fourth-order valence-corrected chi connectivity index (χ4v) is 2.24. The Labute approximate surface area is 174 Å². The number of rotatable bonds is 12. The van der Waals surface area contributed by atoms with Crippen molar-refractivity contribution in [2.24, 2.45) is 10.9 Å². The van der Waals surface area contributed by atoms with Gasteiger partial charge in [-0.2, -0.15) is 0 Å². The van der Waals surface area contributed by atoms with Crippen LogP contribution in [-0.2, 0) is 4.74 Å². The summed E-state index contributed by atoms with van der Waals surface area (Å²) in [6, 6.07) is 7.58. The maximum Gasteiger partial charge on any atom is 0.191 e. The molecule has 26 heavy (non-hydrogen) atoms. The normalized spacial score (nSPS) is 13.7. The van der Waals surface area contributed by atoms with Gasteiger partial charge in [0.2, 0.25) is 0 Å². The number of guanidine groups is 1. The Bertz CT molecular complexity index is 507. The van der Waals surface area contributed by atoms with Crippen molar-refractivity contribution < 1.29 is 14.2 Å². The number of methoxy groups -OCH3 is 1. The van der Waals surface area contributed by atoms with Gasteiger partial charge in [-0.15, -0.1) is 24.0 Å². The monoisotopic (exact) mass is 477 g/mol. The highest BCUT2D eigenvalue weighted by atomic mass is 127. The van der Waals surface area contributed by atoms with Crippen LogP contribution in [0.1, 0.15) is 26.2 Å². The first-order valence-corrected chi connectivity index (χ1v) is 9.18. The molecule has 0 amide bonds. The average Bonchev–Trinajstić information content (AvgIpc) is 3.46. The summed E-state index contributed by atoms with van der Waals surface area (Å²) < 4.78 is 16.5. The second kappa shape index (κ2) is 13.9. The van der Waals surface area contributed by atoms with Crippen LogP contribution in [-0.4, -0.2) is 52.5 Å². The van der Waals surface area contributed by atoms with E-state index in [2.05, 4.69) is 22.5 Å². The van der Waals surface area contributed by atoms with Crippen molar-refractivity contribution in [3.63, 3.8) is 0 Å². The molecule has 7 heteroatoms. The van der Waals surface area contributed by atoms with Gasteiger partial charge in [0.15, 0.2) is 5.96 Å². The van der Waals surface area contributed by atoms with E-state index >= 15 is 0 Å². The minimum atomic E-state index is 0. The van der Waals surface area contributed by atoms with E-state index in [0.717, 1.165) is 56.1 Å². The molecule has 6 nitrogen and oxygen atoms in total. The van der Waals surface area contributed by atoms with Crippen molar-refractivity contribution in [1.82, 2.24) is 10.6 Å². The summed E-state index contributed by atoms with van der Waals surface area (Å²) in [4.78, 5) is 4.56. The number of hydrogen-bond donors (Lipinski definition) is 2. The van der Waals surface area contributed by atoms with E-state index in [4.69, 9.17) is 14.2 Å². The largest absolute Gasteiger partial charge is 0.497 e. The zero-order valence-corrected chi connectivity index (χ0v) is 18.2. The molecule has 0 atom stereocenters. The summed E-state index contributed by atoms with van der Waals surface area (Å²) in [7, 11) is 1.65. The minimum Gasteiger partial charge on any atom is -0.497 e. The van der Waals surface area contributed by atoms with Crippen LogP contribution in [0.5, 0.6) is 11.5 Å². The molecule has 1 aromatic rings. The van der Waals surface area contributed by atoms with E-state index in [-0.39, 0.29) is 24.0 Å². The smallest absolute Gasteiger partial charge is 0.191 e. The Morgan fingerprint density at radius 1 is 1.12 bits per heavy atom. The van der Waals surface area contributed by atoms with Crippen LogP contribution in [0.15, 0.2) is 29.3 Å². The van der Waals surface area contributed by atoms with Gasteiger partial charge in [0.1, 0.15) is 18.1 Å². The second-order valence-electron chi connectivity index (χ2n) is 6.08. The van der Waals surface area contributed by atoms with Gasteiger partial charge in [-0.1, -0.05) is 0 Å². The lowest BCUT2D eigenvalue weighted by molar-refractivity contribution is 0.123. The summed E-state index contributed by atoms with van der Waals surface area (Å²) in [5, 5.41) is 6.52. The molecular weight excluding hydrogens is 445 g/mol. The lowest BCUT2D eigenvalue weighted by Gasteiger charge is -2.12. The molecule has 0 bridgehead atoms. The molecule has 0 spiro atoms. The van der Waals surface area contributed by atoms with Gasteiger partial charge in [0.25, 0.3) is 0 Å². The third-order valence-corrected chi connectivity index (χ3v) is 3.83. The van der Waals surface area contributed by atoms with Crippen LogP contribution in [0, 0.1) is 5.92 Å². The van der Waals surface area contributed by atoms with Crippen LogP contribution >= 0.6 is 24.0 Å². The van der Waals surface area contributed by atoms with Crippen LogP contribution < -0.4 is 20.1 Å². The van der Waals surface area contributed by atoms with E-state index in [9.17, 15) is 0 Å². The first-order valence-electron chi connectivity index (χ1n) is 9.18. The van der Waals surface area contributed by atoms with Gasteiger partial charge in [-0.05, 0) is 56.4 Å². The highest BCUT2D eigenvalue weighted by Crippen LogP contribution is 2.28. The first-order chi connectivity index (χ1) is 12.3. The van der Waals surface area contributed by atoms with Gasteiger partial charge >= 0.3 is 0 Å². The molecule has 1 aliphatic rings. The molecule has 0 radical (unpaired) electrons. The Morgan fingerprint density at radius 2 is 1.85 bits per heavy atom. The highest BCUT2D eigenvalue weighted by molar-refractivity contribution is 14.0. The highest BCUT2D eigenvalue weighted by Gasteiger charge is 2.20. The van der Waals surface area contributed by atoms with Crippen molar-refractivity contribution in [2.45, 2.75) is 26.2 Å². The maximum absolute atomic E-state index is 5.70. The lowest BCUT2D eigenvalue weighted by atomic mass is 10.3. The lowest BCUT2D eigenvalue weighted by Crippen LogP contribution is -2.39. The quantitative estimate of drug-likeness (QED) is 0.210. The molecule has 2 N–H and O–H groups in total. The second-order valence-corrected chi connectivity index (χ2v) is 6.08. The fourth-order valence-electron chi connectivity index (χ4n) is 2.24. The SMILES string of the molecule is CCNC(=NCCCOCC1CC1)NCCOc1ccc(OC)cc1.I. The zero-order chi connectivity index (χ0) is 17.7. The molecular formula is C19H32IN3O3. The minimum absolute atomic E-state index is 0. The average molecular weight is 477 g/mol. The molecule has 1 aliphatic carbocycles. The first kappa shape index (κ1) is 22.8. The molecule has 0 aliphatic heterocycles. The van der Waals surface area contributed by atoms with Gasteiger partial charge in [0.05, 0.1) is 13.7 Å². The molecule has 148 valence electrons. The fraction of sp³-hybridized carbons (Fsp3) is 0.632. The third-order valence-electron chi connectivity index (χ3n) is 3.83. The summed E-state index contributed by atoms with van der Waals surface area (Å²) in [6.45, 7) is 6.63. The van der Waals surface area contributed by atoms with Crippen molar-refractivity contribution in [3.05, 3.63) is 24.3 Å². The standard InChI is InChI=1S/C19H31N3O3.HI/c1-3-20-19(21-11-4-13-24-15-16-5-6-16)22-12-14-25-18-9-7-17(23-2)8-10-18;/h7-10,16H,3-6,11-15H2,1-2H3,(H2,20,21,22);1H. The molecule has 0 heterocycles. The van der Waals surface area contributed by atoms with E-state index in [0.29, 0.717) is 13.2 Å². The summed E-state index contributed by atoms with van der Waals surface area (Å²) >= 11 is 0. The summed E-state index contributed by atoms with van der Waals surface area (Å²) in [6.07, 6.45) is 3.63. The molecule has 0 aromatic heterocycles.